The number of para-hydroxylation sites is 2. The lowest BCUT2D eigenvalue weighted by molar-refractivity contribution is -0.119. The predicted molar refractivity (Wildman–Crippen MR) is 98.8 cm³/mol. The molecule has 128 valence electrons. The lowest BCUT2D eigenvalue weighted by Crippen LogP contribution is -2.25. The van der Waals surface area contributed by atoms with Crippen LogP contribution < -0.4 is 10.1 Å². The Morgan fingerprint density at radius 3 is 2.80 bits per heavy atom. The number of amides is 1. The van der Waals surface area contributed by atoms with E-state index in [9.17, 15) is 4.79 Å². The fourth-order valence-corrected chi connectivity index (χ4v) is 3.49. The number of aromatic nitrogens is 2. The molecule has 1 aliphatic rings. The van der Waals surface area contributed by atoms with Crippen molar-refractivity contribution in [3.8, 4) is 17.1 Å². The molecule has 0 bridgehead atoms. The monoisotopic (exact) mass is 335 g/mol. The van der Waals surface area contributed by atoms with Gasteiger partial charge < -0.3 is 14.6 Å². The highest BCUT2D eigenvalue weighted by Gasteiger charge is 2.31. The molecule has 0 saturated heterocycles. The number of carbonyl (C=O) groups is 1. The third-order valence-corrected chi connectivity index (χ3v) is 4.63. The molecule has 5 heteroatoms. The maximum Gasteiger partial charge on any atom is 0.247 e. The normalized spacial score (nSPS) is 16.3. The number of anilines is 1. The maximum absolute atomic E-state index is 13.0. The van der Waals surface area contributed by atoms with Gasteiger partial charge in [0.2, 0.25) is 5.91 Å². The molecule has 1 amide bonds. The number of methoxy groups -OCH3 is 1. The first-order chi connectivity index (χ1) is 12.1. The molecule has 4 rings (SSSR count). The zero-order valence-electron chi connectivity index (χ0n) is 14.6. The minimum Gasteiger partial charge on any atom is -0.497 e. The summed E-state index contributed by atoms with van der Waals surface area (Å²) in [7, 11) is 1.64. The van der Waals surface area contributed by atoms with Gasteiger partial charge in [0.15, 0.2) is 0 Å². The quantitative estimate of drug-likeness (QED) is 0.778. The van der Waals surface area contributed by atoms with Crippen molar-refractivity contribution >= 4 is 22.6 Å². The molecule has 0 spiro atoms. The molecule has 1 N–H and O–H groups in total. The highest BCUT2D eigenvalue weighted by Crippen LogP contribution is 2.39. The van der Waals surface area contributed by atoms with Crippen LogP contribution in [0.2, 0.25) is 0 Å². The Morgan fingerprint density at radius 1 is 1.24 bits per heavy atom. The summed E-state index contributed by atoms with van der Waals surface area (Å²) < 4.78 is 7.46. The second-order valence-electron chi connectivity index (χ2n) is 6.84. The summed E-state index contributed by atoms with van der Waals surface area (Å²) in [5.41, 5.74) is 3.53. The minimum absolute atomic E-state index is 0.00187. The lowest BCUT2D eigenvalue weighted by Gasteiger charge is -2.20. The van der Waals surface area contributed by atoms with Gasteiger partial charge in [-0.3, -0.25) is 4.79 Å². The summed E-state index contributed by atoms with van der Waals surface area (Å²) in [5, 5.41) is 3.07. The lowest BCUT2D eigenvalue weighted by atomic mass is 10.0. The number of carbonyl (C=O) groups excluding carboxylic acids is 1. The SMILES string of the molecule is COc1ccc2c(c1)-c1nc3ccccc3n1C(CC(C)C)C(=O)N2. The van der Waals surface area contributed by atoms with E-state index in [1.165, 1.54) is 0 Å². The molecule has 0 fully saturated rings. The summed E-state index contributed by atoms with van der Waals surface area (Å²) in [4.78, 5) is 17.8. The van der Waals surface area contributed by atoms with Crippen LogP contribution in [0.5, 0.6) is 5.75 Å². The van der Waals surface area contributed by atoms with Crippen LogP contribution in [0.3, 0.4) is 0 Å². The Kier molecular flexibility index (Phi) is 3.71. The van der Waals surface area contributed by atoms with E-state index in [1.54, 1.807) is 7.11 Å². The van der Waals surface area contributed by atoms with Crippen LogP contribution in [0.4, 0.5) is 5.69 Å². The van der Waals surface area contributed by atoms with Gasteiger partial charge in [-0.05, 0) is 42.7 Å². The molecule has 1 aliphatic heterocycles. The molecular weight excluding hydrogens is 314 g/mol. The van der Waals surface area contributed by atoms with Crippen LogP contribution in [0, 0.1) is 5.92 Å². The second-order valence-corrected chi connectivity index (χ2v) is 6.84. The Hall–Kier alpha value is -2.82. The maximum atomic E-state index is 13.0. The number of nitrogens with one attached hydrogen (secondary N) is 1. The van der Waals surface area contributed by atoms with E-state index in [0.717, 1.165) is 40.3 Å². The summed E-state index contributed by atoms with van der Waals surface area (Å²) in [5.74, 6) is 1.94. The largest absolute Gasteiger partial charge is 0.497 e. The third kappa shape index (κ3) is 2.56. The molecule has 0 aliphatic carbocycles. The first-order valence-electron chi connectivity index (χ1n) is 8.54. The number of imidazole rings is 1. The van der Waals surface area contributed by atoms with Crippen LogP contribution in [0.25, 0.3) is 22.4 Å². The van der Waals surface area contributed by atoms with Gasteiger partial charge in [0, 0.05) is 5.56 Å². The molecular formula is C20H21N3O2. The predicted octanol–water partition coefficient (Wildman–Crippen LogP) is 4.25. The molecule has 1 atom stereocenters. The minimum atomic E-state index is -0.291. The van der Waals surface area contributed by atoms with Gasteiger partial charge in [-0.25, -0.2) is 4.98 Å². The summed E-state index contributed by atoms with van der Waals surface area (Å²) in [6, 6.07) is 13.4. The Labute approximate surface area is 146 Å². The second kappa shape index (κ2) is 5.92. The fraction of sp³-hybridized carbons (Fsp3) is 0.300. The van der Waals surface area contributed by atoms with Crippen LogP contribution in [-0.2, 0) is 4.79 Å². The standard InChI is InChI=1S/C20H21N3O2/c1-12(2)10-18-20(24)22-15-9-8-13(25-3)11-14(15)19-21-16-6-4-5-7-17(16)23(18)19/h4-9,11-12,18H,10H2,1-3H3,(H,22,24). The molecule has 0 saturated carbocycles. The van der Waals surface area contributed by atoms with Gasteiger partial charge in [0.25, 0.3) is 0 Å². The van der Waals surface area contributed by atoms with Gasteiger partial charge in [-0.15, -0.1) is 0 Å². The van der Waals surface area contributed by atoms with Crippen LogP contribution in [-0.4, -0.2) is 22.6 Å². The molecule has 1 unspecified atom stereocenters. The fourth-order valence-electron chi connectivity index (χ4n) is 3.49. The third-order valence-electron chi connectivity index (χ3n) is 4.63. The summed E-state index contributed by atoms with van der Waals surface area (Å²) >= 11 is 0. The van der Waals surface area contributed by atoms with E-state index < -0.39 is 0 Å². The number of benzene rings is 2. The number of hydrogen-bond acceptors (Lipinski definition) is 3. The van der Waals surface area contributed by atoms with Crippen molar-refractivity contribution in [2.45, 2.75) is 26.3 Å². The summed E-state index contributed by atoms with van der Waals surface area (Å²) in [6.07, 6.45) is 0.754. The Bertz CT molecular complexity index is 959. The zero-order chi connectivity index (χ0) is 17.6. The van der Waals surface area contributed by atoms with Crippen LogP contribution in [0.15, 0.2) is 42.5 Å². The zero-order valence-corrected chi connectivity index (χ0v) is 14.6. The van der Waals surface area contributed by atoms with E-state index in [-0.39, 0.29) is 11.9 Å². The van der Waals surface area contributed by atoms with Gasteiger partial charge in [0.05, 0.1) is 23.8 Å². The van der Waals surface area contributed by atoms with Gasteiger partial charge in [-0.1, -0.05) is 26.0 Å². The first-order valence-corrected chi connectivity index (χ1v) is 8.54. The summed E-state index contributed by atoms with van der Waals surface area (Å²) in [6.45, 7) is 4.26. The molecule has 2 heterocycles. The first kappa shape index (κ1) is 15.7. The van der Waals surface area contributed by atoms with Crippen LogP contribution >= 0.6 is 0 Å². The van der Waals surface area contributed by atoms with Gasteiger partial charge in [-0.2, -0.15) is 0 Å². The van der Waals surface area contributed by atoms with Crippen molar-refractivity contribution in [1.82, 2.24) is 9.55 Å². The molecule has 5 nitrogen and oxygen atoms in total. The van der Waals surface area contributed by atoms with E-state index in [2.05, 4.69) is 23.7 Å². The van der Waals surface area contributed by atoms with Crippen molar-refractivity contribution < 1.29 is 9.53 Å². The Balaban J connectivity index is 2.03. The van der Waals surface area contributed by atoms with Crippen molar-refractivity contribution in [2.24, 2.45) is 5.92 Å². The number of rotatable bonds is 3. The van der Waals surface area contributed by atoms with E-state index in [4.69, 9.17) is 9.72 Å². The van der Waals surface area contributed by atoms with Gasteiger partial charge in [0.1, 0.15) is 17.6 Å². The number of fused-ring (bicyclic) bond motifs is 5. The molecule has 25 heavy (non-hydrogen) atoms. The average molecular weight is 335 g/mol. The Morgan fingerprint density at radius 2 is 2.04 bits per heavy atom. The molecule has 0 radical (unpaired) electrons. The number of nitrogens with zero attached hydrogens (tertiary/aromatic N) is 2. The topological polar surface area (TPSA) is 56.2 Å². The van der Waals surface area contributed by atoms with Crippen molar-refractivity contribution in [2.75, 3.05) is 12.4 Å². The molecule has 1 aromatic heterocycles. The number of ether oxygens (including phenoxy) is 1. The smallest absolute Gasteiger partial charge is 0.247 e. The van der Waals surface area contributed by atoms with Crippen molar-refractivity contribution in [3.63, 3.8) is 0 Å². The van der Waals surface area contributed by atoms with E-state index in [0.29, 0.717) is 5.92 Å². The molecule has 2 aromatic carbocycles. The van der Waals surface area contributed by atoms with Gasteiger partial charge >= 0.3 is 0 Å². The highest BCUT2D eigenvalue weighted by atomic mass is 16.5. The highest BCUT2D eigenvalue weighted by molar-refractivity contribution is 6.01. The number of hydrogen-bond donors (Lipinski definition) is 1. The van der Waals surface area contributed by atoms with E-state index in [1.807, 2.05) is 42.5 Å². The van der Waals surface area contributed by atoms with Crippen molar-refractivity contribution in [3.05, 3.63) is 42.5 Å². The van der Waals surface area contributed by atoms with Crippen LogP contribution in [0.1, 0.15) is 26.3 Å². The van der Waals surface area contributed by atoms with Crippen molar-refractivity contribution in [1.29, 1.82) is 0 Å². The molecule has 3 aromatic rings. The van der Waals surface area contributed by atoms with E-state index >= 15 is 0 Å². The average Bonchev–Trinajstić information content (AvgIpc) is 2.94.